The minimum atomic E-state index is -3.82. The lowest BCUT2D eigenvalue weighted by Gasteiger charge is -2.31. The second-order valence-electron chi connectivity index (χ2n) is 9.45. The summed E-state index contributed by atoms with van der Waals surface area (Å²) < 4.78 is 49.9. The van der Waals surface area contributed by atoms with E-state index in [-0.39, 0.29) is 34.7 Å². The number of sulfone groups is 1. The Morgan fingerprint density at radius 1 is 1.12 bits per heavy atom. The molecule has 1 fully saturated rings. The molecule has 1 unspecified atom stereocenters. The van der Waals surface area contributed by atoms with Gasteiger partial charge in [0.05, 0.1) is 28.0 Å². The lowest BCUT2D eigenvalue weighted by molar-refractivity contribution is -0.145. The molecule has 0 amide bonds. The maximum Gasteiger partial charge on any atom is 0.351 e. The zero-order chi connectivity index (χ0) is 29.6. The summed E-state index contributed by atoms with van der Waals surface area (Å²) in [5.41, 5.74) is 0.546. The van der Waals surface area contributed by atoms with Gasteiger partial charge in [0, 0.05) is 5.92 Å². The Balaban J connectivity index is 1.68. The predicted octanol–water partition coefficient (Wildman–Crippen LogP) is 5.39. The van der Waals surface area contributed by atoms with Crippen LogP contribution < -0.4 is 14.8 Å². The first-order valence-electron chi connectivity index (χ1n) is 13.1. The SMILES string of the molecule is CCOC(=O)COc1c(C(=O)OC)sc(-c2cccc(OC(C3CCNCC3)S(=O)(=O)c3ccc(C)cc3)c2)c1Br. The molecule has 0 radical (unpaired) electrons. The molecule has 1 saturated heterocycles. The standard InChI is InChI=1S/C29H32BrNO8S2/c1-4-37-23(32)17-38-25-24(30)26(40-27(25)28(33)36-3)20-6-5-7-21(16-20)39-29(19-12-14-31-15-13-19)41(34,35)22-10-8-18(2)9-11-22/h5-11,16,19,29,31H,4,12-15,17H2,1-3H3. The lowest BCUT2D eigenvalue weighted by Crippen LogP contribution is -2.41. The van der Waals surface area contributed by atoms with Crippen molar-refractivity contribution in [1.29, 1.82) is 0 Å². The van der Waals surface area contributed by atoms with Gasteiger partial charge in [0.25, 0.3) is 0 Å². The molecular weight excluding hydrogens is 634 g/mol. The summed E-state index contributed by atoms with van der Waals surface area (Å²) in [4.78, 5) is 25.4. The van der Waals surface area contributed by atoms with Crippen LogP contribution in [0.25, 0.3) is 10.4 Å². The molecule has 1 aromatic heterocycles. The van der Waals surface area contributed by atoms with Crippen LogP contribution in [0.2, 0.25) is 0 Å². The number of carbonyl (C=O) groups is 2. The van der Waals surface area contributed by atoms with E-state index in [1.165, 1.54) is 7.11 Å². The lowest BCUT2D eigenvalue weighted by atomic mass is 9.99. The summed E-state index contributed by atoms with van der Waals surface area (Å²) in [7, 11) is -2.56. The number of thiophene rings is 1. The summed E-state index contributed by atoms with van der Waals surface area (Å²) in [5, 5.41) is 3.28. The van der Waals surface area contributed by atoms with Gasteiger partial charge in [-0.1, -0.05) is 29.8 Å². The summed E-state index contributed by atoms with van der Waals surface area (Å²) in [5.74, 6) is -0.865. The number of rotatable bonds is 11. The van der Waals surface area contributed by atoms with Gasteiger partial charge in [0.1, 0.15) is 5.75 Å². The number of aryl methyl sites for hydroxylation is 1. The molecule has 2 heterocycles. The molecule has 0 aliphatic carbocycles. The number of hydrogen-bond donors (Lipinski definition) is 1. The molecule has 1 N–H and O–H groups in total. The smallest absolute Gasteiger partial charge is 0.351 e. The Hall–Kier alpha value is -2.93. The Bertz CT molecular complexity index is 1480. The third-order valence-corrected chi connectivity index (χ3v) is 10.8. The maximum absolute atomic E-state index is 13.8. The highest BCUT2D eigenvalue weighted by atomic mass is 79.9. The van der Waals surface area contributed by atoms with Crippen LogP contribution in [0.15, 0.2) is 57.9 Å². The molecule has 12 heteroatoms. The molecule has 220 valence electrons. The van der Waals surface area contributed by atoms with E-state index < -0.39 is 27.2 Å². The third-order valence-electron chi connectivity index (χ3n) is 6.59. The normalized spacial score (nSPS) is 14.7. The average Bonchev–Trinajstić information content (AvgIpc) is 3.31. The summed E-state index contributed by atoms with van der Waals surface area (Å²) >= 11 is 4.63. The van der Waals surface area contributed by atoms with Crippen LogP contribution in [0, 0.1) is 12.8 Å². The van der Waals surface area contributed by atoms with Crippen LogP contribution in [0.1, 0.15) is 35.0 Å². The number of esters is 2. The topological polar surface area (TPSA) is 117 Å². The summed E-state index contributed by atoms with van der Waals surface area (Å²) in [6, 6.07) is 13.8. The van der Waals surface area contributed by atoms with E-state index in [4.69, 9.17) is 18.9 Å². The average molecular weight is 667 g/mol. The van der Waals surface area contributed by atoms with E-state index in [1.807, 2.05) is 13.0 Å². The van der Waals surface area contributed by atoms with Crippen molar-refractivity contribution in [3.8, 4) is 21.9 Å². The molecule has 2 aromatic carbocycles. The minimum absolute atomic E-state index is 0.158. The van der Waals surface area contributed by atoms with Gasteiger partial charge in [-0.05, 0) is 85.5 Å². The van der Waals surface area contributed by atoms with E-state index in [0.29, 0.717) is 46.6 Å². The van der Waals surface area contributed by atoms with Crippen LogP contribution in [-0.2, 0) is 24.1 Å². The first-order valence-corrected chi connectivity index (χ1v) is 16.3. The Labute approximate surface area is 252 Å². The predicted molar refractivity (Wildman–Crippen MR) is 159 cm³/mol. The molecule has 1 atom stereocenters. The van der Waals surface area contributed by atoms with Crippen LogP contribution in [-0.4, -0.2) is 59.2 Å². The van der Waals surface area contributed by atoms with Crippen LogP contribution in [0.5, 0.6) is 11.5 Å². The molecule has 0 bridgehead atoms. The van der Waals surface area contributed by atoms with Gasteiger partial charge in [-0.3, -0.25) is 0 Å². The number of halogens is 1. The molecule has 9 nitrogen and oxygen atoms in total. The first kappa shape index (κ1) is 31.0. The van der Waals surface area contributed by atoms with Crippen molar-refractivity contribution >= 4 is 49.0 Å². The van der Waals surface area contributed by atoms with Gasteiger partial charge in [-0.15, -0.1) is 11.3 Å². The fourth-order valence-corrected chi connectivity index (χ4v) is 8.28. The summed E-state index contributed by atoms with van der Waals surface area (Å²) in [6.45, 7) is 4.83. The van der Waals surface area contributed by atoms with Crippen molar-refractivity contribution in [1.82, 2.24) is 5.32 Å². The van der Waals surface area contributed by atoms with Gasteiger partial charge in [-0.25, -0.2) is 18.0 Å². The molecule has 0 saturated carbocycles. The van der Waals surface area contributed by atoms with Crippen LogP contribution >= 0.6 is 27.3 Å². The van der Waals surface area contributed by atoms with Gasteiger partial charge in [0.15, 0.2) is 17.2 Å². The number of benzene rings is 2. The molecule has 0 spiro atoms. The number of methoxy groups -OCH3 is 1. The van der Waals surface area contributed by atoms with Crippen molar-refractivity contribution in [3.63, 3.8) is 0 Å². The molecule has 3 aromatic rings. The number of hydrogen-bond acceptors (Lipinski definition) is 10. The van der Waals surface area contributed by atoms with Crippen molar-refractivity contribution in [2.24, 2.45) is 5.92 Å². The van der Waals surface area contributed by atoms with Gasteiger partial charge in [-0.2, -0.15) is 0 Å². The van der Waals surface area contributed by atoms with E-state index in [2.05, 4.69) is 21.2 Å². The number of nitrogens with one attached hydrogen (secondary N) is 1. The van der Waals surface area contributed by atoms with Crippen molar-refractivity contribution in [3.05, 3.63) is 63.4 Å². The second-order valence-corrected chi connectivity index (χ2v) is 13.3. The molecule has 4 rings (SSSR count). The van der Waals surface area contributed by atoms with Crippen LogP contribution in [0.3, 0.4) is 0 Å². The van der Waals surface area contributed by atoms with E-state index in [1.54, 1.807) is 49.4 Å². The quantitative estimate of drug-likeness (QED) is 0.269. The zero-order valence-corrected chi connectivity index (χ0v) is 26.2. The monoisotopic (exact) mass is 665 g/mol. The highest BCUT2D eigenvalue weighted by Crippen LogP contribution is 2.46. The Morgan fingerprint density at radius 3 is 2.49 bits per heavy atom. The van der Waals surface area contributed by atoms with Crippen molar-refractivity contribution in [2.45, 2.75) is 37.0 Å². The second kappa shape index (κ2) is 13.8. The number of piperidine rings is 1. The Morgan fingerprint density at radius 2 is 1.83 bits per heavy atom. The van der Waals surface area contributed by atoms with E-state index in [0.717, 1.165) is 16.9 Å². The Kier molecular flexibility index (Phi) is 10.5. The highest BCUT2D eigenvalue weighted by molar-refractivity contribution is 9.10. The van der Waals surface area contributed by atoms with E-state index >= 15 is 0 Å². The largest absolute Gasteiger partial charge is 0.479 e. The van der Waals surface area contributed by atoms with Crippen molar-refractivity contribution < 1.29 is 37.0 Å². The van der Waals surface area contributed by atoms with Crippen LogP contribution in [0.4, 0.5) is 0 Å². The number of ether oxygens (including phenoxy) is 4. The van der Waals surface area contributed by atoms with Gasteiger partial charge in [0.2, 0.25) is 15.3 Å². The van der Waals surface area contributed by atoms with Gasteiger partial charge >= 0.3 is 11.9 Å². The molecule has 41 heavy (non-hydrogen) atoms. The molecule has 1 aliphatic heterocycles. The fourth-order valence-electron chi connectivity index (χ4n) is 4.51. The minimum Gasteiger partial charge on any atom is -0.479 e. The third kappa shape index (κ3) is 7.29. The summed E-state index contributed by atoms with van der Waals surface area (Å²) in [6.07, 6.45) is 1.32. The molecule has 1 aliphatic rings. The zero-order valence-electron chi connectivity index (χ0n) is 23.0. The highest BCUT2D eigenvalue weighted by Gasteiger charge is 2.37. The first-order chi connectivity index (χ1) is 19.6. The van der Waals surface area contributed by atoms with Gasteiger partial charge < -0.3 is 24.3 Å². The fraction of sp³-hybridized carbons (Fsp3) is 0.379. The maximum atomic E-state index is 13.8. The van der Waals surface area contributed by atoms with Crippen molar-refractivity contribution in [2.75, 3.05) is 33.4 Å². The molecular formula is C29H32BrNO8S2. The number of carbonyl (C=O) groups excluding carboxylic acids is 2. The van der Waals surface area contributed by atoms with E-state index in [9.17, 15) is 18.0 Å².